The molecule has 10 aromatic carbocycles. The number of benzene rings is 10. The number of nitrogens with zero attached hydrogens (tertiary/aromatic N) is 1. The largest absolute Gasteiger partial charge is 0.456 e. The van der Waals surface area contributed by atoms with E-state index in [1.54, 1.807) is 0 Å². The van der Waals surface area contributed by atoms with Crippen molar-refractivity contribution in [3.05, 3.63) is 237 Å². The average Bonchev–Trinajstić information content (AvgIpc) is 3.72. The van der Waals surface area contributed by atoms with Gasteiger partial charge in [-0.3, -0.25) is 0 Å². The lowest BCUT2D eigenvalue weighted by molar-refractivity contribution is 0.669. The van der Waals surface area contributed by atoms with Gasteiger partial charge in [-0.05, 0) is 121 Å². The highest BCUT2D eigenvalue weighted by Gasteiger charge is 2.19. The van der Waals surface area contributed by atoms with Gasteiger partial charge in [-0.25, -0.2) is 0 Å². The number of anilines is 3. The molecule has 0 bridgehead atoms. The van der Waals surface area contributed by atoms with E-state index >= 15 is 0 Å². The molecule has 0 atom stereocenters. The number of hydrogen-bond acceptors (Lipinski definition) is 2. The fourth-order valence-electron chi connectivity index (χ4n) is 8.73. The van der Waals surface area contributed by atoms with E-state index in [9.17, 15) is 0 Å². The molecule has 0 aliphatic rings. The number of furan rings is 1. The maximum atomic E-state index is 6.32. The molecule has 1 aromatic heterocycles. The Morgan fingerprint density at radius 2 is 0.767 bits per heavy atom. The first-order valence-electron chi connectivity index (χ1n) is 20.5. The van der Waals surface area contributed by atoms with E-state index in [1.807, 2.05) is 12.1 Å². The molecule has 0 aliphatic carbocycles. The van der Waals surface area contributed by atoms with Crippen molar-refractivity contribution in [1.29, 1.82) is 0 Å². The van der Waals surface area contributed by atoms with Crippen molar-refractivity contribution in [2.24, 2.45) is 0 Å². The van der Waals surface area contributed by atoms with E-state index in [2.05, 4.69) is 229 Å². The summed E-state index contributed by atoms with van der Waals surface area (Å²) in [6.07, 6.45) is 0. The van der Waals surface area contributed by atoms with Gasteiger partial charge in [0.1, 0.15) is 11.2 Å². The highest BCUT2D eigenvalue weighted by atomic mass is 16.3. The number of para-hydroxylation sites is 1. The number of rotatable bonds is 8. The molecule has 0 N–H and O–H groups in total. The lowest BCUT2D eigenvalue weighted by Crippen LogP contribution is -2.10. The Labute approximate surface area is 349 Å². The van der Waals surface area contributed by atoms with Gasteiger partial charge in [0.05, 0.1) is 0 Å². The highest BCUT2D eigenvalue weighted by Crippen LogP contribution is 2.43. The Hall–Kier alpha value is -7.94. The summed E-state index contributed by atoms with van der Waals surface area (Å²) in [7, 11) is 0. The summed E-state index contributed by atoms with van der Waals surface area (Å²) in [5, 5.41) is 4.77. The van der Waals surface area contributed by atoms with Crippen LogP contribution in [0, 0.1) is 0 Å². The van der Waals surface area contributed by atoms with Crippen molar-refractivity contribution < 1.29 is 4.42 Å². The maximum absolute atomic E-state index is 6.32. The van der Waals surface area contributed by atoms with Crippen LogP contribution in [0.3, 0.4) is 0 Å². The molecule has 0 unspecified atom stereocenters. The van der Waals surface area contributed by atoms with E-state index in [0.717, 1.165) is 61.3 Å². The van der Waals surface area contributed by atoms with E-state index in [0.29, 0.717) is 0 Å². The van der Waals surface area contributed by atoms with Crippen molar-refractivity contribution in [3.63, 3.8) is 0 Å². The minimum Gasteiger partial charge on any atom is -0.456 e. The molecule has 0 fully saturated rings. The third-order valence-corrected chi connectivity index (χ3v) is 11.7. The summed E-state index contributed by atoms with van der Waals surface area (Å²) in [5.41, 5.74) is 16.7. The van der Waals surface area contributed by atoms with Crippen LogP contribution in [0.4, 0.5) is 17.1 Å². The second-order valence-corrected chi connectivity index (χ2v) is 15.3. The fourth-order valence-corrected chi connectivity index (χ4v) is 8.73. The zero-order valence-electron chi connectivity index (χ0n) is 32.9. The van der Waals surface area contributed by atoms with Gasteiger partial charge in [-0.15, -0.1) is 0 Å². The Morgan fingerprint density at radius 3 is 1.50 bits per heavy atom. The average molecular weight is 766 g/mol. The molecule has 2 nitrogen and oxygen atoms in total. The standard InChI is InChI=1S/C58H39NO/c1-3-14-40(15-4-1)47-36-48(41-16-5-2-6-17-41)39-51(38-47)59(50-21-11-20-46(37-50)54-25-13-27-57-58(54)55-23-9-10-26-56(55)60-57)49-34-32-43(33-35-49)42-28-30-45(31-29-42)53-24-12-19-44-18-7-8-22-52(44)53/h1-39H. The molecule has 0 amide bonds. The normalized spacial score (nSPS) is 11.3. The van der Waals surface area contributed by atoms with Crippen molar-refractivity contribution >= 4 is 49.8 Å². The van der Waals surface area contributed by atoms with Gasteiger partial charge in [-0.2, -0.15) is 0 Å². The van der Waals surface area contributed by atoms with Crippen molar-refractivity contribution in [1.82, 2.24) is 0 Å². The molecule has 0 saturated heterocycles. The Kier molecular flexibility index (Phi) is 8.87. The van der Waals surface area contributed by atoms with Crippen molar-refractivity contribution in [2.75, 3.05) is 4.90 Å². The highest BCUT2D eigenvalue weighted by molar-refractivity contribution is 6.12. The van der Waals surface area contributed by atoms with Gasteiger partial charge in [0.15, 0.2) is 0 Å². The summed E-state index contributed by atoms with van der Waals surface area (Å²) in [6, 6.07) is 85.0. The minimum absolute atomic E-state index is 0.889. The maximum Gasteiger partial charge on any atom is 0.136 e. The molecule has 1 heterocycles. The summed E-state index contributed by atoms with van der Waals surface area (Å²) in [4.78, 5) is 2.39. The number of fused-ring (bicyclic) bond motifs is 4. The quantitative estimate of drug-likeness (QED) is 0.153. The van der Waals surface area contributed by atoms with Crippen LogP contribution in [0.5, 0.6) is 0 Å². The first-order valence-corrected chi connectivity index (χ1v) is 20.5. The lowest BCUT2D eigenvalue weighted by atomic mass is 9.95. The molecular formula is C58H39NO. The Morgan fingerprint density at radius 1 is 0.267 bits per heavy atom. The van der Waals surface area contributed by atoms with Gasteiger partial charge >= 0.3 is 0 Å². The van der Waals surface area contributed by atoms with Crippen LogP contribution in [0.1, 0.15) is 0 Å². The van der Waals surface area contributed by atoms with Crippen LogP contribution < -0.4 is 4.90 Å². The molecule has 0 saturated carbocycles. The van der Waals surface area contributed by atoms with E-state index < -0.39 is 0 Å². The smallest absolute Gasteiger partial charge is 0.136 e. The molecule has 0 radical (unpaired) electrons. The van der Waals surface area contributed by atoms with E-state index in [4.69, 9.17) is 4.42 Å². The Balaban J connectivity index is 1.04. The molecule has 60 heavy (non-hydrogen) atoms. The molecule has 11 rings (SSSR count). The SMILES string of the molecule is c1ccc(-c2cc(-c3ccccc3)cc(N(c3ccc(-c4ccc(-c5cccc6ccccc56)cc4)cc3)c3cccc(-c4cccc5oc6ccccc6c45)c3)c2)cc1. The third-order valence-electron chi connectivity index (χ3n) is 11.7. The molecule has 2 heteroatoms. The second-order valence-electron chi connectivity index (χ2n) is 15.3. The monoisotopic (exact) mass is 765 g/mol. The molecule has 282 valence electrons. The molecule has 11 aromatic rings. The van der Waals surface area contributed by atoms with Crippen molar-refractivity contribution in [3.8, 4) is 55.6 Å². The zero-order chi connectivity index (χ0) is 39.8. The third kappa shape index (κ3) is 6.51. The molecular weight excluding hydrogens is 727 g/mol. The van der Waals surface area contributed by atoms with E-state index in [1.165, 1.54) is 44.2 Å². The summed E-state index contributed by atoms with van der Waals surface area (Å²) < 4.78 is 6.32. The predicted octanol–water partition coefficient (Wildman–Crippen LogP) is 16.5. The van der Waals surface area contributed by atoms with Crippen LogP contribution in [0.25, 0.3) is 88.3 Å². The van der Waals surface area contributed by atoms with Crippen LogP contribution in [-0.4, -0.2) is 0 Å². The van der Waals surface area contributed by atoms with E-state index in [-0.39, 0.29) is 0 Å². The number of hydrogen-bond donors (Lipinski definition) is 0. The van der Waals surface area contributed by atoms with Crippen LogP contribution in [0.15, 0.2) is 241 Å². The first kappa shape index (κ1) is 35.2. The topological polar surface area (TPSA) is 16.4 Å². The predicted molar refractivity (Wildman–Crippen MR) is 253 cm³/mol. The molecule has 0 aliphatic heterocycles. The second kappa shape index (κ2) is 15.1. The Bertz CT molecular complexity index is 3230. The summed E-state index contributed by atoms with van der Waals surface area (Å²) in [5.74, 6) is 0. The van der Waals surface area contributed by atoms with Crippen LogP contribution >= 0.6 is 0 Å². The van der Waals surface area contributed by atoms with Crippen LogP contribution in [-0.2, 0) is 0 Å². The minimum atomic E-state index is 0.889. The zero-order valence-corrected chi connectivity index (χ0v) is 32.9. The summed E-state index contributed by atoms with van der Waals surface area (Å²) in [6.45, 7) is 0. The fraction of sp³-hybridized carbons (Fsp3) is 0. The summed E-state index contributed by atoms with van der Waals surface area (Å²) >= 11 is 0. The van der Waals surface area contributed by atoms with Gasteiger partial charge in [-0.1, -0.05) is 182 Å². The van der Waals surface area contributed by atoms with Crippen molar-refractivity contribution in [2.45, 2.75) is 0 Å². The van der Waals surface area contributed by atoms with Gasteiger partial charge < -0.3 is 9.32 Å². The van der Waals surface area contributed by atoms with Gasteiger partial charge in [0.25, 0.3) is 0 Å². The lowest BCUT2D eigenvalue weighted by Gasteiger charge is -2.27. The molecule has 0 spiro atoms. The van der Waals surface area contributed by atoms with Gasteiger partial charge in [0.2, 0.25) is 0 Å². The van der Waals surface area contributed by atoms with Crippen LogP contribution in [0.2, 0.25) is 0 Å². The first-order chi connectivity index (χ1) is 29.7. The van der Waals surface area contributed by atoms with Gasteiger partial charge in [0, 0.05) is 27.8 Å².